The highest BCUT2D eigenvalue weighted by molar-refractivity contribution is 5.59. The minimum absolute atomic E-state index is 0.238. The lowest BCUT2D eigenvalue weighted by molar-refractivity contribution is 0.122. The van der Waals surface area contributed by atoms with Crippen LogP contribution in [0.15, 0.2) is 59.1 Å². The summed E-state index contributed by atoms with van der Waals surface area (Å²) in [7, 11) is 2.25. The van der Waals surface area contributed by atoms with Gasteiger partial charge in [0.15, 0.2) is 0 Å². The number of fused-ring (bicyclic) bond motifs is 2. The fourth-order valence-electron chi connectivity index (χ4n) is 5.21. The highest BCUT2D eigenvalue weighted by Gasteiger charge is 2.48. The zero-order valence-electron chi connectivity index (χ0n) is 16.3. The minimum atomic E-state index is -0.238. The maximum Gasteiger partial charge on any atom is 0.142 e. The second kappa shape index (κ2) is 6.85. The van der Waals surface area contributed by atoms with Crippen LogP contribution in [0.4, 0.5) is 4.39 Å². The van der Waals surface area contributed by atoms with Crippen LogP contribution in [-0.4, -0.2) is 29.2 Å². The molecular weight excluding hydrogens is 351 g/mol. The van der Waals surface area contributed by atoms with Crippen molar-refractivity contribution in [1.82, 2.24) is 10.1 Å². The average Bonchev–Trinajstić information content (AvgIpc) is 3.26. The molecule has 28 heavy (non-hydrogen) atoms. The van der Waals surface area contributed by atoms with Gasteiger partial charge in [0.25, 0.3) is 0 Å². The van der Waals surface area contributed by atoms with Crippen molar-refractivity contribution in [3.05, 3.63) is 77.3 Å². The normalized spacial score (nSPS) is 27.2. The Balaban J connectivity index is 1.53. The lowest BCUT2D eigenvalue weighted by atomic mass is 9.74. The summed E-state index contributed by atoms with van der Waals surface area (Å²) in [5, 5.41) is 4.32. The van der Waals surface area contributed by atoms with Crippen molar-refractivity contribution in [3.8, 4) is 11.3 Å². The standard InChI is InChI=1S/C24H25FN2O/c1-15-3-5-16(6-4-15)20-13-19-11-12-22(27(19)2)24(20)23-14-21(26-28-23)17-7-9-18(25)10-8-17/h3-10,14,19-20,22,24H,11-13H2,1-2H3/t19-,20?,22?,24+/m1/s1. The van der Waals surface area contributed by atoms with Crippen molar-refractivity contribution in [2.24, 2.45) is 0 Å². The molecule has 2 aliphatic heterocycles. The zero-order chi connectivity index (χ0) is 19.3. The first kappa shape index (κ1) is 17.6. The van der Waals surface area contributed by atoms with E-state index in [4.69, 9.17) is 4.52 Å². The third-order valence-electron chi connectivity index (χ3n) is 6.77. The van der Waals surface area contributed by atoms with Gasteiger partial charge in [0.05, 0.1) is 0 Å². The van der Waals surface area contributed by atoms with Crippen LogP contribution in [0.1, 0.15) is 48.0 Å². The smallest absolute Gasteiger partial charge is 0.142 e. The average molecular weight is 376 g/mol. The maximum atomic E-state index is 13.3. The molecule has 2 fully saturated rings. The predicted molar refractivity (Wildman–Crippen MR) is 108 cm³/mol. The second-order valence-electron chi connectivity index (χ2n) is 8.36. The van der Waals surface area contributed by atoms with Crippen molar-refractivity contribution < 1.29 is 8.91 Å². The zero-order valence-corrected chi connectivity index (χ0v) is 16.3. The van der Waals surface area contributed by atoms with E-state index in [1.807, 2.05) is 0 Å². The molecule has 0 spiro atoms. The van der Waals surface area contributed by atoms with E-state index in [1.54, 1.807) is 12.1 Å². The number of hydrogen-bond donors (Lipinski definition) is 0. The number of aryl methyl sites for hydroxylation is 1. The summed E-state index contributed by atoms with van der Waals surface area (Å²) in [4.78, 5) is 2.54. The molecule has 3 nitrogen and oxygen atoms in total. The largest absolute Gasteiger partial charge is 0.360 e. The molecule has 1 aromatic heterocycles. The number of likely N-dealkylation sites (N-methyl/N-ethyl adjacent to an activating group) is 1. The van der Waals surface area contributed by atoms with Crippen LogP contribution in [-0.2, 0) is 0 Å². The summed E-state index contributed by atoms with van der Waals surface area (Å²) in [6.45, 7) is 2.13. The number of nitrogens with zero attached hydrogens (tertiary/aromatic N) is 2. The van der Waals surface area contributed by atoms with Crippen LogP contribution in [0.25, 0.3) is 11.3 Å². The Bertz CT molecular complexity index is 963. The molecule has 2 saturated heterocycles. The second-order valence-corrected chi connectivity index (χ2v) is 8.36. The molecule has 3 heterocycles. The third kappa shape index (κ3) is 2.96. The monoisotopic (exact) mass is 376 g/mol. The quantitative estimate of drug-likeness (QED) is 0.602. The van der Waals surface area contributed by atoms with Gasteiger partial charge in [-0.1, -0.05) is 35.0 Å². The van der Waals surface area contributed by atoms with Crippen molar-refractivity contribution in [1.29, 1.82) is 0 Å². The van der Waals surface area contributed by atoms with Gasteiger partial charge in [-0.2, -0.15) is 0 Å². The molecule has 0 N–H and O–H groups in total. The topological polar surface area (TPSA) is 29.3 Å². The van der Waals surface area contributed by atoms with Gasteiger partial charge in [-0.05, 0) is 69.0 Å². The summed E-state index contributed by atoms with van der Waals surface area (Å²) >= 11 is 0. The van der Waals surface area contributed by atoms with Crippen molar-refractivity contribution in [3.63, 3.8) is 0 Å². The highest BCUT2D eigenvalue weighted by atomic mass is 19.1. The van der Waals surface area contributed by atoms with E-state index in [0.717, 1.165) is 23.4 Å². The van der Waals surface area contributed by atoms with E-state index in [9.17, 15) is 4.39 Å². The van der Waals surface area contributed by atoms with Crippen molar-refractivity contribution >= 4 is 0 Å². The maximum absolute atomic E-state index is 13.3. The summed E-state index contributed by atoms with van der Waals surface area (Å²) in [6.07, 6.45) is 3.59. The molecule has 4 heteroatoms. The number of benzene rings is 2. The predicted octanol–water partition coefficient (Wildman–Crippen LogP) is 5.52. The number of piperidine rings is 1. The van der Waals surface area contributed by atoms with Gasteiger partial charge in [-0.15, -0.1) is 0 Å². The van der Waals surface area contributed by atoms with E-state index >= 15 is 0 Å². The molecular formula is C24H25FN2O. The van der Waals surface area contributed by atoms with Gasteiger partial charge < -0.3 is 4.52 Å². The summed E-state index contributed by atoms with van der Waals surface area (Å²) < 4.78 is 19.2. The van der Waals surface area contributed by atoms with Crippen LogP contribution >= 0.6 is 0 Å². The Morgan fingerprint density at radius 2 is 1.79 bits per heavy atom. The lowest BCUT2D eigenvalue weighted by Gasteiger charge is -2.42. The molecule has 0 aliphatic carbocycles. The van der Waals surface area contributed by atoms with E-state index in [-0.39, 0.29) is 11.7 Å². The van der Waals surface area contributed by atoms with Crippen molar-refractivity contribution in [2.45, 2.75) is 50.1 Å². The number of hydrogen-bond acceptors (Lipinski definition) is 3. The first-order valence-corrected chi connectivity index (χ1v) is 10.1. The van der Waals surface area contributed by atoms with E-state index in [1.165, 1.54) is 36.1 Å². The van der Waals surface area contributed by atoms with Gasteiger partial charge in [-0.3, -0.25) is 4.90 Å². The minimum Gasteiger partial charge on any atom is -0.360 e. The number of rotatable bonds is 3. The van der Waals surface area contributed by atoms with Gasteiger partial charge in [-0.25, -0.2) is 4.39 Å². The molecule has 0 saturated carbocycles. The Morgan fingerprint density at radius 3 is 2.54 bits per heavy atom. The van der Waals surface area contributed by atoms with Gasteiger partial charge in [0.2, 0.25) is 0 Å². The van der Waals surface area contributed by atoms with Crippen LogP contribution in [0.5, 0.6) is 0 Å². The van der Waals surface area contributed by atoms with Crippen LogP contribution in [0.3, 0.4) is 0 Å². The van der Waals surface area contributed by atoms with Gasteiger partial charge in [0.1, 0.15) is 17.3 Å². The molecule has 144 valence electrons. The molecule has 4 atom stereocenters. The Labute approximate surface area is 165 Å². The first-order chi connectivity index (χ1) is 13.6. The molecule has 2 bridgehead atoms. The van der Waals surface area contributed by atoms with E-state index < -0.39 is 0 Å². The lowest BCUT2D eigenvalue weighted by Crippen LogP contribution is -2.44. The Morgan fingerprint density at radius 1 is 1.04 bits per heavy atom. The van der Waals surface area contributed by atoms with Crippen LogP contribution < -0.4 is 0 Å². The Kier molecular flexibility index (Phi) is 4.31. The molecule has 5 rings (SSSR count). The van der Waals surface area contributed by atoms with Gasteiger partial charge in [0, 0.05) is 29.6 Å². The summed E-state index contributed by atoms with van der Waals surface area (Å²) in [5.74, 6) is 1.43. The molecule has 0 radical (unpaired) electrons. The Hall–Kier alpha value is -2.46. The van der Waals surface area contributed by atoms with Crippen molar-refractivity contribution in [2.75, 3.05) is 7.05 Å². The highest BCUT2D eigenvalue weighted by Crippen LogP contribution is 2.51. The fraction of sp³-hybridized carbons (Fsp3) is 0.375. The third-order valence-corrected chi connectivity index (χ3v) is 6.77. The van der Waals surface area contributed by atoms with Crippen LogP contribution in [0, 0.1) is 12.7 Å². The fourth-order valence-corrected chi connectivity index (χ4v) is 5.21. The summed E-state index contributed by atoms with van der Waals surface area (Å²) in [6, 6.07) is 18.6. The van der Waals surface area contributed by atoms with Gasteiger partial charge >= 0.3 is 0 Å². The SMILES string of the molecule is Cc1ccc(C2C[C@H]3CCC([C@H]2c2cc(-c4ccc(F)cc4)no2)N3C)cc1. The molecule has 2 unspecified atom stereocenters. The first-order valence-electron chi connectivity index (χ1n) is 10.1. The van der Waals surface area contributed by atoms with E-state index in [2.05, 4.69) is 54.4 Å². The molecule has 3 aromatic rings. The van der Waals surface area contributed by atoms with E-state index in [0.29, 0.717) is 18.0 Å². The molecule has 2 aliphatic rings. The molecule has 0 amide bonds. The molecule has 2 aromatic carbocycles. The number of halogens is 1. The van der Waals surface area contributed by atoms with Crippen LogP contribution in [0.2, 0.25) is 0 Å². The summed E-state index contributed by atoms with van der Waals surface area (Å²) in [5.41, 5.74) is 4.34. The number of aromatic nitrogens is 1.